The Labute approximate surface area is 111 Å². The van der Waals surface area contributed by atoms with E-state index in [4.69, 9.17) is 20.5 Å². The molecule has 0 radical (unpaired) electrons. The zero-order chi connectivity index (χ0) is 13.7. The monoisotopic (exact) mass is 255 g/mol. The lowest BCUT2D eigenvalue weighted by Gasteiger charge is -2.08. The summed E-state index contributed by atoms with van der Waals surface area (Å²) in [5.41, 5.74) is 7.29. The molecule has 1 aromatic heterocycles. The lowest BCUT2D eigenvalue weighted by Crippen LogP contribution is -1.95. The normalized spacial score (nSPS) is 9.89. The van der Waals surface area contributed by atoms with E-state index < -0.39 is 0 Å². The molecule has 0 aliphatic heterocycles. The fourth-order valence-electron chi connectivity index (χ4n) is 1.61. The molecule has 0 fully saturated rings. The molecule has 2 rings (SSSR count). The first-order valence-electron chi connectivity index (χ1n) is 5.64. The van der Waals surface area contributed by atoms with Gasteiger partial charge in [0.15, 0.2) is 0 Å². The molecule has 0 aliphatic carbocycles. The van der Waals surface area contributed by atoms with Crippen LogP contribution in [0.1, 0.15) is 11.1 Å². The summed E-state index contributed by atoms with van der Waals surface area (Å²) in [6, 6.07) is 10.9. The summed E-state index contributed by atoms with van der Waals surface area (Å²) < 4.78 is 10.7. The first kappa shape index (κ1) is 12.9. The van der Waals surface area contributed by atoms with Gasteiger partial charge < -0.3 is 15.2 Å². The lowest BCUT2D eigenvalue weighted by atomic mass is 10.2. The molecule has 0 saturated carbocycles. The number of benzene rings is 1. The van der Waals surface area contributed by atoms with Crippen molar-refractivity contribution < 1.29 is 9.47 Å². The zero-order valence-corrected chi connectivity index (χ0v) is 10.5. The van der Waals surface area contributed by atoms with E-state index >= 15 is 0 Å². The molecule has 1 aromatic carbocycles. The standard InChI is InChI=1S/C14H13N3O2/c1-18-9-10-3-2-4-13(5-10)19-14-11(7-15)6-12(16)8-17-14/h2-6,8H,9,16H2,1H3. The van der Waals surface area contributed by atoms with Gasteiger partial charge in [0, 0.05) is 7.11 Å². The van der Waals surface area contributed by atoms with Crippen molar-refractivity contribution in [1.82, 2.24) is 4.98 Å². The fourth-order valence-corrected chi connectivity index (χ4v) is 1.61. The number of hydrogen-bond donors (Lipinski definition) is 1. The average molecular weight is 255 g/mol. The second-order valence-corrected chi connectivity index (χ2v) is 3.92. The van der Waals surface area contributed by atoms with Crippen molar-refractivity contribution in [2.24, 2.45) is 0 Å². The van der Waals surface area contributed by atoms with Crippen molar-refractivity contribution in [2.75, 3.05) is 12.8 Å². The molecule has 0 aliphatic rings. The van der Waals surface area contributed by atoms with Gasteiger partial charge in [-0.2, -0.15) is 5.26 Å². The number of nitriles is 1. The zero-order valence-electron chi connectivity index (χ0n) is 10.5. The van der Waals surface area contributed by atoms with E-state index in [0.717, 1.165) is 5.56 Å². The fraction of sp³-hybridized carbons (Fsp3) is 0.143. The summed E-state index contributed by atoms with van der Waals surface area (Å²) in [5.74, 6) is 0.842. The van der Waals surface area contributed by atoms with Gasteiger partial charge in [0.25, 0.3) is 0 Å². The first-order valence-corrected chi connectivity index (χ1v) is 5.64. The van der Waals surface area contributed by atoms with Gasteiger partial charge >= 0.3 is 0 Å². The number of nitrogens with zero attached hydrogens (tertiary/aromatic N) is 2. The van der Waals surface area contributed by atoms with Gasteiger partial charge in [-0.05, 0) is 23.8 Å². The summed E-state index contributed by atoms with van der Waals surface area (Å²) in [6.07, 6.45) is 1.45. The molecule has 0 spiro atoms. The predicted molar refractivity (Wildman–Crippen MR) is 70.6 cm³/mol. The number of pyridine rings is 1. The van der Waals surface area contributed by atoms with Gasteiger partial charge in [0.2, 0.25) is 5.88 Å². The highest BCUT2D eigenvalue weighted by molar-refractivity contribution is 5.49. The highest BCUT2D eigenvalue weighted by Crippen LogP contribution is 2.24. The second-order valence-electron chi connectivity index (χ2n) is 3.92. The minimum absolute atomic E-state index is 0.242. The Bertz CT molecular complexity index is 620. The number of rotatable bonds is 4. The summed E-state index contributed by atoms with van der Waals surface area (Å²) in [4.78, 5) is 4.02. The van der Waals surface area contributed by atoms with Crippen LogP contribution in [-0.2, 0) is 11.3 Å². The molecule has 19 heavy (non-hydrogen) atoms. The van der Waals surface area contributed by atoms with E-state index in [-0.39, 0.29) is 5.88 Å². The molecule has 0 atom stereocenters. The van der Waals surface area contributed by atoms with Crippen molar-refractivity contribution in [3.05, 3.63) is 47.7 Å². The van der Waals surface area contributed by atoms with E-state index in [0.29, 0.717) is 23.6 Å². The van der Waals surface area contributed by atoms with Crippen molar-refractivity contribution in [2.45, 2.75) is 6.61 Å². The first-order chi connectivity index (χ1) is 9.22. The molecule has 2 N–H and O–H groups in total. The van der Waals surface area contributed by atoms with Crippen LogP contribution in [0.3, 0.4) is 0 Å². The van der Waals surface area contributed by atoms with Gasteiger partial charge in [-0.15, -0.1) is 0 Å². The summed E-state index contributed by atoms with van der Waals surface area (Å²) in [5, 5.41) is 9.01. The van der Waals surface area contributed by atoms with Crippen LogP contribution in [0.4, 0.5) is 5.69 Å². The van der Waals surface area contributed by atoms with Crippen LogP contribution >= 0.6 is 0 Å². The van der Waals surface area contributed by atoms with Crippen LogP contribution in [0.25, 0.3) is 0 Å². The van der Waals surface area contributed by atoms with Crippen LogP contribution in [0, 0.1) is 11.3 Å². The minimum atomic E-state index is 0.242. The smallest absolute Gasteiger partial charge is 0.237 e. The molecular weight excluding hydrogens is 242 g/mol. The number of aromatic nitrogens is 1. The number of nitrogens with two attached hydrogens (primary N) is 1. The van der Waals surface area contributed by atoms with Crippen LogP contribution in [-0.4, -0.2) is 12.1 Å². The van der Waals surface area contributed by atoms with Crippen LogP contribution in [0.15, 0.2) is 36.5 Å². The van der Waals surface area contributed by atoms with Gasteiger partial charge in [0.05, 0.1) is 18.5 Å². The van der Waals surface area contributed by atoms with E-state index in [2.05, 4.69) is 4.98 Å². The highest BCUT2D eigenvalue weighted by Gasteiger charge is 2.07. The molecular formula is C14H13N3O2. The van der Waals surface area contributed by atoms with Crippen LogP contribution in [0.5, 0.6) is 11.6 Å². The van der Waals surface area contributed by atoms with E-state index in [1.54, 1.807) is 13.2 Å². The summed E-state index contributed by atoms with van der Waals surface area (Å²) >= 11 is 0. The van der Waals surface area contributed by atoms with Gasteiger partial charge in [-0.25, -0.2) is 4.98 Å². The van der Waals surface area contributed by atoms with Crippen molar-refractivity contribution in [3.8, 4) is 17.7 Å². The summed E-state index contributed by atoms with van der Waals surface area (Å²) in [6.45, 7) is 0.497. The van der Waals surface area contributed by atoms with Gasteiger partial charge in [-0.3, -0.25) is 0 Å². The van der Waals surface area contributed by atoms with Gasteiger partial charge in [-0.1, -0.05) is 12.1 Å². The Hall–Kier alpha value is -2.58. The third-order valence-corrected chi connectivity index (χ3v) is 2.42. The van der Waals surface area contributed by atoms with E-state index in [9.17, 15) is 0 Å². The molecule has 1 heterocycles. The highest BCUT2D eigenvalue weighted by atomic mass is 16.5. The number of nitrogen functional groups attached to an aromatic ring is 1. The molecule has 0 saturated heterocycles. The van der Waals surface area contributed by atoms with Crippen molar-refractivity contribution in [1.29, 1.82) is 5.26 Å². The number of hydrogen-bond acceptors (Lipinski definition) is 5. The third-order valence-electron chi connectivity index (χ3n) is 2.42. The molecule has 0 bridgehead atoms. The Morgan fingerprint density at radius 1 is 1.37 bits per heavy atom. The Morgan fingerprint density at radius 3 is 2.95 bits per heavy atom. The number of anilines is 1. The molecule has 2 aromatic rings. The average Bonchev–Trinajstić information content (AvgIpc) is 2.41. The Balaban J connectivity index is 2.26. The maximum atomic E-state index is 9.01. The number of methoxy groups -OCH3 is 1. The minimum Gasteiger partial charge on any atom is -0.438 e. The maximum absolute atomic E-state index is 9.01. The Morgan fingerprint density at radius 2 is 2.21 bits per heavy atom. The topological polar surface area (TPSA) is 81.2 Å². The molecule has 0 amide bonds. The SMILES string of the molecule is COCc1cccc(Oc2ncc(N)cc2C#N)c1. The van der Waals surface area contributed by atoms with Gasteiger partial charge in [0.1, 0.15) is 17.4 Å². The molecule has 5 heteroatoms. The third kappa shape index (κ3) is 3.21. The van der Waals surface area contributed by atoms with E-state index in [1.807, 2.05) is 24.3 Å². The van der Waals surface area contributed by atoms with Crippen LogP contribution in [0.2, 0.25) is 0 Å². The summed E-state index contributed by atoms with van der Waals surface area (Å²) in [7, 11) is 1.63. The maximum Gasteiger partial charge on any atom is 0.237 e. The van der Waals surface area contributed by atoms with Crippen molar-refractivity contribution in [3.63, 3.8) is 0 Å². The quantitative estimate of drug-likeness (QED) is 0.907. The van der Waals surface area contributed by atoms with Crippen molar-refractivity contribution >= 4 is 5.69 Å². The van der Waals surface area contributed by atoms with E-state index in [1.165, 1.54) is 12.3 Å². The second kappa shape index (κ2) is 5.85. The van der Waals surface area contributed by atoms with Crippen LogP contribution < -0.4 is 10.5 Å². The lowest BCUT2D eigenvalue weighted by molar-refractivity contribution is 0.184. The predicted octanol–water partition coefficient (Wildman–Crippen LogP) is 2.47. The number of ether oxygens (including phenoxy) is 2. The largest absolute Gasteiger partial charge is 0.438 e. The molecule has 5 nitrogen and oxygen atoms in total. The molecule has 0 unspecified atom stereocenters. The molecule has 96 valence electrons. The Kier molecular flexibility index (Phi) is 3.96.